The van der Waals surface area contributed by atoms with E-state index in [2.05, 4.69) is 36.7 Å². The molecule has 2 aliphatic carbocycles. The van der Waals surface area contributed by atoms with E-state index < -0.39 is 0 Å². The second-order valence-corrected chi connectivity index (χ2v) is 12.1. The first kappa shape index (κ1) is 26.0. The maximum absolute atomic E-state index is 13.8. The van der Waals surface area contributed by atoms with Gasteiger partial charge in [0.05, 0.1) is 19.7 Å². The van der Waals surface area contributed by atoms with Crippen LogP contribution in [0.5, 0.6) is 11.5 Å². The Morgan fingerprint density at radius 3 is 2.69 bits per heavy atom. The summed E-state index contributed by atoms with van der Waals surface area (Å²) in [6.45, 7) is 7.98. The van der Waals surface area contributed by atoms with Crippen LogP contribution in [-0.2, 0) is 21.4 Å². The molecule has 1 spiro atoms. The summed E-state index contributed by atoms with van der Waals surface area (Å²) < 4.78 is 12.8. The molecule has 6 rings (SSSR count). The molecule has 0 unspecified atom stereocenters. The number of ether oxygens (including phenoxy) is 2. The number of carbonyl (C=O) groups is 2. The smallest absolute Gasteiger partial charge is 0.299 e. The molecule has 0 radical (unpaired) electrons. The van der Waals surface area contributed by atoms with E-state index in [-0.39, 0.29) is 29.3 Å². The predicted octanol–water partition coefficient (Wildman–Crippen LogP) is 4.23. The lowest BCUT2D eigenvalue weighted by atomic mass is 9.51. The first-order chi connectivity index (χ1) is 18.8. The van der Waals surface area contributed by atoms with Crippen molar-refractivity contribution in [2.45, 2.75) is 70.1 Å². The molecule has 2 bridgehead atoms. The van der Waals surface area contributed by atoms with Gasteiger partial charge < -0.3 is 14.4 Å². The van der Waals surface area contributed by atoms with Crippen LogP contribution >= 0.6 is 0 Å². The fourth-order valence-corrected chi connectivity index (χ4v) is 8.03. The number of ketones is 1. The van der Waals surface area contributed by atoms with Gasteiger partial charge in [-0.3, -0.25) is 14.5 Å². The molecular weight excluding hydrogens is 488 g/mol. The number of piperidine rings is 1. The number of nitrogens with zero attached hydrogens (tertiary/aromatic N) is 2. The van der Waals surface area contributed by atoms with Crippen LogP contribution in [0.2, 0.25) is 0 Å². The number of likely N-dealkylation sites (tertiary alicyclic amines) is 1. The molecular formula is C33H38N2O4. The number of rotatable bonds is 6. The maximum Gasteiger partial charge on any atom is 0.299 e. The van der Waals surface area contributed by atoms with Crippen LogP contribution in [0.4, 0.5) is 0 Å². The molecule has 1 saturated heterocycles. The van der Waals surface area contributed by atoms with Gasteiger partial charge in [0.1, 0.15) is 11.9 Å². The SMILES string of the molecule is COc1ccc2c3c1O[C@H]1[C@H](N(CC(C)C)C(=O)C#Cc4ccccc4)CC[C@H]4[C@@H](C2)N(CC(C)=O)CC[C@@]341. The van der Waals surface area contributed by atoms with Gasteiger partial charge in [-0.2, -0.15) is 0 Å². The Bertz CT molecular complexity index is 1340. The molecule has 2 heterocycles. The van der Waals surface area contributed by atoms with Crippen molar-refractivity contribution >= 4 is 11.7 Å². The monoisotopic (exact) mass is 526 g/mol. The molecule has 2 aromatic rings. The Labute approximate surface area is 231 Å². The molecule has 2 fully saturated rings. The summed E-state index contributed by atoms with van der Waals surface area (Å²) in [5.74, 6) is 8.42. The highest BCUT2D eigenvalue weighted by atomic mass is 16.5. The Hall–Kier alpha value is -3.30. The first-order valence-corrected chi connectivity index (χ1v) is 14.3. The van der Waals surface area contributed by atoms with Gasteiger partial charge >= 0.3 is 0 Å². The number of amides is 1. The fraction of sp³-hybridized carbons (Fsp3) is 0.515. The molecule has 2 aliphatic heterocycles. The maximum atomic E-state index is 13.8. The van der Waals surface area contributed by atoms with E-state index >= 15 is 0 Å². The van der Waals surface area contributed by atoms with Crippen molar-refractivity contribution in [1.82, 2.24) is 9.80 Å². The largest absolute Gasteiger partial charge is 0.493 e. The Kier molecular flexibility index (Phi) is 6.67. The normalized spacial score (nSPS) is 28.1. The van der Waals surface area contributed by atoms with Gasteiger partial charge in [0.2, 0.25) is 0 Å². The average Bonchev–Trinajstić information content (AvgIpc) is 3.27. The van der Waals surface area contributed by atoms with Crippen molar-refractivity contribution in [3.05, 3.63) is 59.2 Å². The van der Waals surface area contributed by atoms with Crippen LogP contribution < -0.4 is 9.47 Å². The first-order valence-electron chi connectivity index (χ1n) is 14.3. The summed E-state index contributed by atoms with van der Waals surface area (Å²) in [6.07, 6.45) is 3.52. The van der Waals surface area contributed by atoms with Gasteiger partial charge in [0, 0.05) is 35.0 Å². The van der Waals surface area contributed by atoms with Crippen LogP contribution in [0.1, 0.15) is 56.7 Å². The fourth-order valence-electron chi connectivity index (χ4n) is 8.03. The molecule has 39 heavy (non-hydrogen) atoms. The van der Waals surface area contributed by atoms with Gasteiger partial charge in [0.25, 0.3) is 5.91 Å². The summed E-state index contributed by atoms with van der Waals surface area (Å²) >= 11 is 0. The third kappa shape index (κ3) is 4.23. The lowest BCUT2D eigenvalue weighted by molar-refractivity contribution is -0.139. The lowest BCUT2D eigenvalue weighted by Gasteiger charge is -2.60. The topological polar surface area (TPSA) is 59.1 Å². The van der Waals surface area contributed by atoms with Gasteiger partial charge in [-0.25, -0.2) is 0 Å². The van der Waals surface area contributed by atoms with E-state index in [1.54, 1.807) is 14.0 Å². The van der Waals surface area contributed by atoms with Gasteiger partial charge in [-0.15, -0.1) is 0 Å². The molecule has 1 amide bonds. The van der Waals surface area contributed by atoms with Crippen LogP contribution in [-0.4, -0.2) is 66.4 Å². The van der Waals surface area contributed by atoms with E-state index in [0.717, 1.165) is 49.3 Å². The Balaban J connectivity index is 1.42. The third-order valence-corrected chi connectivity index (χ3v) is 9.34. The van der Waals surface area contributed by atoms with Crippen LogP contribution in [0, 0.1) is 23.7 Å². The molecule has 1 saturated carbocycles. The molecule has 2 aromatic carbocycles. The van der Waals surface area contributed by atoms with Gasteiger partial charge in [0.15, 0.2) is 11.5 Å². The zero-order valence-electron chi connectivity index (χ0n) is 23.4. The predicted molar refractivity (Wildman–Crippen MR) is 150 cm³/mol. The minimum absolute atomic E-state index is 0.0794. The molecule has 204 valence electrons. The minimum Gasteiger partial charge on any atom is -0.493 e. The molecule has 6 heteroatoms. The van der Waals surface area contributed by atoms with Crippen molar-refractivity contribution in [2.24, 2.45) is 11.8 Å². The molecule has 5 atom stereocenters. The van der Waals surface area contributed by atoms with E-state index in [1.807, 2.05) is 41.3 Å². The highest BCUT2D eigenvalue weighted by Crippen LogP contribution is 2.64. The highest BCUT2D eigenvalue weighted by molar-refractivity contribution is 5.94. The quantitative estimate of drug-likeness (QED) is 0.528. The summed E-state index contributed by atoms with van der Waals surface area (Å²) in [4.78, 5) is 30.4. The number of methoxy groups -OCH3 is 1. The summed E-state index contributed by atoms with van der Waals surface area (Å²) in [7, 11) is 1.70. The third-order valence-electron chi connectivity index (χ3n) is 9.34. The minimum atomic E-state index is -0.194. The standard InChI is InChI=1S/C33H38N2O4/c1-21(2)19-35(29(37)15-10-23-8-6-5-7-9-23)26-13-12-25-27-18-24-11-14-28(38-4)31-30(24)33(25,32(26)39-31)16-17-34(27)20-22(3)36/h5-9,11,14,21,25-27,32H,12-13,16-20H2,1-4H3/t25-,26+,27+,32-,33-/m0/s1. The van der Waals surface area contributed by atoms with Crippen molar-refractivity contribution in [2.75, 3.05) is 26.7 Å². The summed E-state index contributed by atoms with van der Waals surface area (Å²) in [5.41, 5.74) is 3.24. The van der Waals surface area contributed by atoms with Crippen molar-refractivity contribution in [3.63, 3.8) is 0 Å². The molecule has 0 aromatic heterocycles. The second-order valence-electron chi connectivity index (χ2n) is 12.1. The number of benzene rings is 2. The number of Topliss-reactive ketones (excluding diaryl/α,β-unsaturated/α-hetero) is 1. The molecule has 0 N–H and O–H groups in total. The zero-order valence-corrected chi connectivity index (χ0v) is 23.4. The van der Waals surface area contributed by atoms with E-state index in [0.29, 0.717) is 31.0 Å². The van der Waals surface area contributed by atoms with E-state index in [4.69, 9.17) is 9.47 Å². The summed E-state index contributed by atoms with van der Waals surface area (Å²) in [5, 5.41) is 0. The van der Waals surface area contributed by atoms with Crippen molar-refractivity contribution < 1.29 is 19.1 Å². The van der Waals surface area contributed by atoms with Gasteiger partial charge in [-0.05, 0) is 74.8 Å². The number of hydrogen-bond donors (Lipinski definition) is 0. The van der Waals surface area contributed by atoms with E-state index in [1.165, 1.54) is 11.1 Å². The number of carbonyl (C=O) groups excluding carboxylic acids is 2. The molecule has 4 aliphatic rings. The second kappa shape index (κ2) is 10.0. The van der Waals surface area contributed by atoms with Crippen LogP contribution in [0.15, 0.2) is 42.5 Å². The van der Waals surface area contributed by atoms with Crippen LogP contribution in [0.25, 0.3) is 0 Å². The number of hydrogen-bond acceptors (Lipinski definition) is 5. The van der Waals surface area contributed by atoms with Gasteiger partial charge in [-0.1, -0.05) is 44.0 Å². The van der Waals surface area contributed by atoms with Crippen LogP contribution in [0.3, 0.4) is 0 Å². The van der Waals surface area contributed by atoms with Crippen molar-refractivity contribution in [1.29, 1.82) is 0 Å². The van der Waals surface area contributed by atoms with Crippen molar-refractivity contribution in [3.8, 4) is 23.3 Å². The Morgan fingerprint density at radius 1 is 1.18 bits per heavy atom. The Morgan fingerprint density at radius 2 is 1.97 bits per heavy atom. The summed E-state index contributed by atoms with van der Waals surface area (Å²) in [6, 6.07) is 14.1. The van der Waals surface area contributed by atoms with E-state index in [9.17, 15) is 9.59 Å². The molecule has 6 nitrogen and oxygen atoms in total. The zero-order chi connectivity index (χ0) is 27.3. The average molecular weight is 527 g/mol. The lowest BCUT2D eigenvalue weighted by Crippen LogP contribution is -2.69. The highest BCUT2D eigenvalue weighted by Gasteiger charge is 2.66.